The van der Waals surface area contributed by atoms with Crippen molar-refractivity contribution < 1.29 is 9.53 Å². The molecule has 66 valence electrons. The van der Waals surface area contributed by atoms with Crippen LogP contribution in [0.5, 0.6) is 0 Å². The highest BCUT2D eigenvalue weighted by atomic mass is 16.5. The zero-order valence-electron chi connectivity index (χ0n) is 8.10. The Bertz CT molecular complexity index is 140. The molecule has 0 rings (SSSR count). The second kappa shape index (κ2) is 3.74. The maximum atomic E-state index is 11.3. The molecule has 0 aromatic carbocycles. The summed E-state index contributed by atoms with van der Waals surface area (Å²) in [7, 11) is 1.44. The van der Waals surface area contributed by atoms with Crippen LogP contribution < -0.4 is 0 Å². The lowest BCUT2D eigenvalue weighted by Crippen LogP contribution is -2.33. The average Bonchev–Trinajstić information content (AvgIpc) is 2.01. The van der Waals surface area contributed by atoms with E-state index in [2.05, 4.69) is 0 Å². The van der Waals surface area contributed by atoms with E-state index in [1.54, 1.807) is 0 Å². The maximum absolute atomic E-state index is 11.3. The summed E-state index contributed by atoms with van der Waals surface area (Å²) >= 11 is 0. The molecule has 0 bridgehead atoms. The summed E-state index contributed by atoms with van der Waals surface area (Å²) in [6.45, 7) is 8.04. The van der Waals surface area contributed by atoms with E-state index in [4.69, 9.17) is 4.74 Å². The summed E-state index contributed by atoms with van der Waals surface area (Å²) in [4.78, 5) is 11.3. The summed E-state index contributed by atoms with van der Waals surface area (Å²) in [6.07, 6.45) is 0.831. The van der Waals surface area contributed by atoms with E-state index >= 15 is 0 Å². The number of methoxy groups -OCH3 is 1. The average molecular weight is 158 g/mol. The van der Waals surface area contributed by atoms with Gasteiger partial charge in [0, 0.05) is 0 Å². The Morgan fingerprint density at radius 1 is 1.55 bits per heavy atom. The van der Waals surface area contributed by atoms with Gasteiger partial charge in [-0.25, -0.2) is 0 Å². The Morgan fingerprint density at radius 3 is 2.09 bits per heavy atom. The Labute approximate surface area is 68.9 Å². The van der Waals surface area contributed by atoms with Gasteiger partial charge in [0.1, 0.15) is 0 Å². The van der Waals surface area contributed by atoms with Crippen molar-refractivity contribution in [2.75, 3.05) is 7.11 Å². The predicted octanol–water partition coefficient (Wildman–Crippen LogP) is 2.23. The molecule has 0 aliphatic rings. The van der Waals surface area contributed by atoms with Crippen LogP contribution in [-0.2, 0) is 9.53 Å². The van der Waals surface area contributed by atoms with Gasteiger partial charge >= 0.3 is 5.97 Å². The first-order chi connectivity index (χ1) is 4.99. The van der Waals surface area contributed by atoms with Gasteiger partial charge in [0.15, 0.2) is 0 Å². The van der Waals surface area contributed by atoms with E-state index in [0.717, 1.165) is 6.42 Å². The minimum atomic E-state index is -0.311. The van der Waals surface area contributed by atoms with Crippen molar-refractivity contribution in [2.24, 2.45) is 11.3 Å². The van der Waals surface area contributed by atoms with Crippen molar-refractivity contribution in [3.05, 3.63) is 0 Å². The number of carbonyl (C=O) groups is 1. The Morgan fingerprint density at radius 2 is 2.00 bits per heavy atom. The number of hydrogen-bond donors (Lipinski definition) is 0. The third kappa shape index (κ3) is 1.95. The van der Waals surface area contributed by atoms with Crippen molar-refractivity contribution in [2.45, 2.75) is 34.1 Å². The first-order valence-electron chi connectivity index (χ1n) is 4.07. The van der Waals surface area contributed by atoms with Gasteiger partial charge in [-0.2, -0.15) is 0 Å². The highest BCUT2D eigenvalue weighted by Gasteiger charge is 2.35. The number of carbonyl (C=O) groups excluding carboxylic acids is 1. The lowest BCUT2D eigenvalue weighted by molar-refractivity contribution is -0.154. The van der Waals surface area contributed by atoms with Crippen molar-refractivity contribution in [1.82, 2.24) is 0 Å². The minimum absolute atomic E-state index is 0.102. The topological polar surface area (TPSA) is 26.3 Å². The molecular formula is C9H18O2. The Kier molecular flexibility index (Phi) is 3.56. The quantitative estimate of drug-likeness (QED) is 0.589. The molecule has 0 aliphatic heterocycles. The summed E-state index contributed by atoms with van der Waals surface area (Å²) in [5.41, 5.74) is -0.311. The smallest absolute Gasteiger partial charge is 0.311 e. The fraction of sp³-hybridized carbons (Fsp3) is 0.889. The number of ether oxygens (including phenoxy) is 1. The largest absolute Gasteiger partial charge is 0.469 e. The van der Waals surface area contributed by atoms with Crippen LogP contribution in [0.2, 0.25) is 0 Å². The Hall–Kier alpha value is -0.530. The van der Waals surface area contributed by atoms with Crippen LogP contribution in [0.3, 0.4) is 0 Å². The molecule has 0 aromatic heterocycles. The third-order valence-electron chi connectivity index (χ3n) is 2.66. The SMILES string of the molecule is CCC(C)(C(=O)OC)C(C)C. The van der Waals surface area contributed by atoms with Crippen molar-refractivity contribution >= 4 is 5.97 Å². The fourth-order valence-corrected chi connectivity index (χ4v) is 1.02. The van der Waals surface area contributed by atoms with Gasteiger partial charge in [-0.05, 0) is 19.3 Å². The molecule has 0 spiro atoms. The first-order valence-corrected chi connectivity index (χ1v) is 4.07. The van der Waals surface area contributed by atoms with Gasteiger partial charge in [-0.3, -0.25) is 4.79 Å². The summed E-state index contributed by atoms with van der Waals surface area (Å²) in [5.74, 6) is 0.231. The summed E-state index contributed by atoms with van der Waals surface area (Å²) < 4.78 is 4.73. The molecule has 0 heterocycles. The molecule has 0 fully saturated rings. The van der Waals surface area contributed by atoms with Crippen molar-refractivity contribution in [3.8, 4) is 0 Å². The second-order valence-corrected chi connectivity index (χ2v) is 3.42. The lowest BCUT2D eigenvalue weighted by Gasteiger charge is -2.28. The molecule has 11 heavy (non-hydrogen) atoms. The molecule has 1 atom stereocenters. The maximum Gasteiger partial charge on any atom is 0.311 e. The zero-order valence-corrected chi connectivity index (χ0v) is 8.10. The fourth-order valence-electron chi connectivity index (χ4n) is 1.02. The molecule has 2 heteroatoms. The van der Waals surface area contributed by atoms with E-state index in [9.17, 15) is 4.79 Å². The van der Waals surface area contributed by atoms with Gasteiger partial charge < -0.3 is 4.74 Å². The number of rotatable bonds is 3. The normalized spacial score (nSPS) is 16.2. The van der Waals surface area contributed by atoms with Crippen molar-refractivity contribution in [1.29, 1.82) is 0 Å². The van der Waals surface area contributed by atoms with Crippen LogP contribution in [0.15, 0.2) is 0 Å². The van der Waals surface area contributed by atoms with Gasteiger partial charge in [0.2, 0.25) is 0 Å². The highest BCUT2D eigenvalue weighted by molar-refractivity contribution is 5.76. The predicted molar refractivity (Wildman–Crippen MR) is 45.3 cm³/mol. The molecule has 1 unspecified atom stereocenters. The van der Waals surface area contributed by atoms with Gasteiger partial charge in [-0.15, -0.1) is 0 Å². The molecule has 0 saturated carbocycles. The van der Waals surface area contributed by atoms with Crippen LogP contribution in [-0.4, -0.2) is 13.1 Å². The lowest BCUT2D eigenvalue weighted by atomic mass is 9.77. The van der Waals surface area contributed by atoms with Gasteiger partial charge in [0.05, 0.1) is 12.5 Å². The third-order valence-corrected chi connectivity index (χ3v) is 2.66. The zero-order chi connectivity index (χ0) is 9.07. The number of hydrogen-bond acceptors (Lipinski definition) is 2. The van der Waals surface area contributed by atoms with E-state index < -0.39 is 0 Å². The minimum Gasteiger partial charge on any atom is -0.469 e. The van der Waals surface area contributed by atoms with Gasteiger partial charge in [0.25, 0.3) is 0 Å². The first kappa shape index (κ1) is 10.5. The van der Waals surface area contributed by atoms with Crippen LogP contribution >= 0.6 is 0 Å². The van der Waals surface area contributed by atoms with Crippen molar-refractivity contribution in [3.63, 3.8) is 0 Å². The number of esters is 1. The highest BCUT2D eigenvalue weighted by Crippen LogP contribution is 2.31. The molecular weight excluding hydrogens is 140 g/mol. The van der Waals surface area contributed by atoms with Crippen LogP contribution in [0.4, 0.5) is 0 Å². The molecule has 0 amide bonds. The molecule has 0 aromatic rings. The van der Waals surface area contributed by atoms with Crippen LogP contribution in [0.25, 0.3) is 0 Å². The standard InChI is InChI=1S/C9H18O2/c1-6-9(4,7(2)3)8(10)11-5/h7H,6H2,1-5H3. The second-order valence-electron chi connectivity index (χ2n) is 3.42. The molecule has 0 N–H and O–H groups in total. The van der Waals surface area contributed by atoms with E-state index in [1.165, 1.54) is 7.11 Å². The molecule has 2 nitrogen and oxygen atoms in total. The van der Waals surface area contributed by atoms with Gasteiger partial charge in [-0.1, -0.05) is 20.8 Å². The van der Waals surface area contributed by atoms with Crippen LogP contribution in [0, 0.1) is 11.3 Å². The monoisotopic (exact) mass is 158 g/mol. The van der Waals surface area contributed by atoms with E-state index in [0.29, 0.717) is 5.92 Å². The van der Waals surface area contributed by atoms with E-state index in [1.807, 2.05) is 27.7 Å². The van der Waals surface area contributed by atoms with E-state index in [-0.39, 0.29) is 11.4 Å². The Balaban J connectivity index is 4.45. The molecule has 0 radical (unpaired) electrons. The van der Waals surface area contributed by atoms with Crippen LogP contribution in [0.1, 0.15) is 34.1 Å². The summed E-state index contributed by atoms with van der Waals surface area (Å²) in [6, 6.07) is 0. The molecule has 0 aliphatic carbocycles. The summed E-state index contributed by atoms with van der Waals surface area (Å²) in [5, 5.41) is 0. The molecule has 0 saturated heterocycles.